The Labute approximate surface area is 151 Å². The van der Waals surface area contributed by atoms with Crippen molar-refractivity contribution in [3.05, 3.63) is 66.0 Å². The van der Waals surface area contributed by atoms with Gasteiger partial charge in [-0.2, -0.15) is 0 Å². The van der Waals surface area contributed by atoms with E-state index in [4.69, 9.17) is 5.11 Å². The third-order valence-electron chi connectivity index (χ3n) is 4.21. The van der Waals surface area contributed by atoms with Crippen LogP contribution in [0.3, 0.4) is 0 Å². The minimum Gasteiger partial charge on any atom is -0.481 e. The Morgan fingerprint density at radius 3 is 2.50 bits per heavy atom. The average Bonchev–Trinajstić information content (AvgIpc) is 3.01. The Morgan fingerprint density at radius 2 is 1.73 bits per heavy atom. The number of fused-ring (bicyclic) bond motifs is 1. The zero-order valence-electron chi connectivity index (χ0n) is 14.4. The van der Waals surface area contributed by atoms with Crippen LogP contribution < -0.4 is 5.32 Å². The highest BCUT2D eigenvalue weighted by molar-refractivity contribution is 5.80. The van der Waals surface area contributed by atoms with Crippen molar-refractivity contribution in [3.8, 4) is 0 Å². The van der Waals surface area contributed by atoms with Crippen LogP contribution in [0.15, 0.2) is 54.6 Å². The fourth-order valence-electron chi connectivity index (χ4n) is 2.88. The fourth-order valence-corrected chi connectivity index (χ4v) is 2.88. The molecule has 0 bridgehead atoms. The van der Waals surface area contributed by atoms with Crippen LogP contribution in [0.5, 0.6) is 0 Å². The quantitative estimate of drug-likeness (QED) is 0.654. The number of para-hydroxylation sites is 2. The van der Waals surface area contributed by atoms with Crippen molar-refractivity contribution in [2.75, 3.05) is 0 Å². The molecule has 0 aliphatic heterocycles. The normalized spacial score (nSPS) is 10.8. The van der Waals surface area contributed by atoms with Crippen molar-refractivity contribution < 1.29 is 14.7 Å². The summed E-state index contributed by atoms with van der Waals surface area (Å²) < 4.78 is 2.11. The summed E-state index contributed by atoms with van der Waals surface area (Å²) in [5, 5.41) is 11.4. The molecule has 2 aromatic carbocycles. The fraction of sp³-hybridized carbons (Fsp3) is 0.250. The first-order valence-electron chi connectivity index (χ1n) is 8.60. The molecule has 0 unspecified atom stereocenters. The number of aryl methyl sites for hydroxylation is 2. The number of rotatable bonds is 8. The van der Waals surface area contributed by atoms with Gasteiger partial charge in [0.05, 0.1) is 24.0 Å². The Kier molecular flexibility index (Phi) is 5.63. The van der Waals surface area contributed by atoms with E-state index in [1.165, 1.54) is 5.56 Å². The second-order valence-electron chi connectivity index (χ2n) is 6.07. The van der Waals surface area contributed by atoms with Gasteiger partial charge in [0.2, 0.25) is 5.91 Å². The molecule has 2 N–H and O–H groups in total. The van der Waals surface area contributed by atoms with Crippen molar-refractivity contribution in [3.63, 3.8) is 0 Å². The summed E-state index contributed by atoms with van der Waals surface area (Å²) in [6, 6.07) is 18.1. The molecular weight excluding hydrogens is 330 g/mol. The van der Waals surface area contributed by atoms with E-state index in [0.717, 1.165) is 29.8 Å². The molecule has 134 valence electrons. The lowest BCUT2D eigenvalue weighted by atomic mass is 10.1. The van der Waals surface area contributed by atoms with Gasteiger partial charge in [0, 0.05) is 13.0 Å². The maximum Gasteiger partial charge on any atom is 0.303 e. The Hall–Kier alpha value is -3.15. The van der Waals surface area contributed by atoms with Crippen LogP contribution in [0.4, 0.5) is 0 Å². The third-order valence-corrected chi connectivity index (χ3v) is 4.21. The molecule has 0 aliphatic rings. The van der Waals surface area contributed by atoms with Gasteiger partial charge < -0.3 is 15.0 Å². The van der Waals surface area contributed by atoms with Gasteiger partial charge in [0.15, 0.2) is 0 Å². The lowest BCUT2D eigenvalue weighted by Crippen LogP contribution is -2.25. The number of amides is 1. The van der Waals surface area contributed by atoms with Gasteiger partial charge in [0.1, 0.15) is 5.82 Å². The summed E-state index contributed by atoms with van der Waals surface area (Å²) in [6.45, 7) is 1.03. The van der Waals surface area contributed by atoms with Gasteiger partial charge in [-0.3, -0.25) is 9.59 Å². The maximum atomic E-state index is 11.8. The number of carbonyl (C=O) groups excluding carboxylic acids is 1. The van der Waals surface area contributed by atoms with Gasteiger partial charge in [-0.15, -0.1) is 0 Å². The number of aromatic nitrogens is 2. The average molecular weight is 351 g/mol. The van der Waals surface area contributed by atoms with Crippen molar-refractivity contribution in [2.24, 2.45) is 0 Å². The summed E-state index contributed by atoms with van der Waals surface area (Å²) in [6.07, 6.45) is 0.664. The van der Waals surface area contributed by atoms with Crippen LogP contribution in [-0.4, -0.2) is 26.5 Å². The molecule has 26 heavy (non-hydrogen) atoms. The molecule has 0 saturated heterocycles. The van der Waals surface area contributed by atoms with E-state index in [1.54, 1.807) is 0 Å². The zero-order valence-corrected chi connectivity index (χ0v) is 14.4. The molecule has 1 aromatic heterocycles. The first-order chi connectivity index (χ1) is 12.6. The molecule has 0 fully saturated rings. The van der Waals surface area contributed by atoms with E-state index >= 15 is 0 Å². The lowest BCUT2D eigenvalue weighted by Gasteiger charge is -2.10. The number of hydrogen-bond acceptors (Lipinski definition) is 3. The smallest absolute Gasteiger partial charge is 0.303 e. The van der Waals surface area contributed by atoms with Gasteiger partial charge in [-0.05, 0) is 24.1 Å². The van der Waals surface area contributed by atoms with Gasteiger partial charge in [-0.25, -0.2) is 4.98 Å². The van der Waals surface area contributed by atoms with Crippen LogP contribution in [0.1, 0.15) is 24.2 Å². The number of carboxylic acid groups (broad SMARTS) is 1. The summed E-state index contributed by atoms with van der Waals surface area (Å²) in [5.74, 6) is -0.491. The number of benzene rings is 2. The third kappa shape index (κ3) is 4.47. The SMILES string of the molecule is O=C(O)CCC(=O)NCc1nc2ccccc2n1CCc1ccccc1. The van der Waals surface area contributed by atoms with Crippen molar-refractivity contribution in [2.45, 2.75) is 32.4 Å². The maximum absolute atomic E-state index is 11.8. The predicted octanol–water partition coefficient (Wildman–Crippen LogP) is 2.76. The summed E-state index contributed by atoms with van der Waals surface area (Å²) >= 11 is 0. The molecule has 1 heterocycles. The van der Waals surface area contributed by atoms with Crippen molar-refractivity contribution >= 4 is 22.9 Å². The highest BCUT2D eigenvalue weighted by Crippen LogP contribution is 2.17. The van der Waals surface area contributed by atoms with E-state index in [1.807, 2.05) is 42.5 Å². The van der Waals surface area contributed by atoms with Gasteiger partial charge >= 0.3 is 5.97 Å². The van der Waals surface area contributed by atoms with Crippen LogP contribution in [0, 0.1) is 0 Å². The second kappa shape index (κ2) is 8.29. The highest BCUT2D eigenvalue weighted by atomic mass is 16.4. The lowest BCUT2D eigenvalue weighted by molar-refractivity contribution is -0.138. The number of carboxylic acids is 1. The number of nitrogens with zero attached hydrogens (tertiary/aromatic N) is 2. The van der Waals surface area contributed by atoms with Gasteiger partial charge in [-0.1, -0.05) is 42.5 Å². The highest BCUT2D eigenvalue weighted by Gasteiger charge is 2.12. The van der Waals surface area contributed by atoms with Crippen molar-refractivity contribution in [1.82, 2.24) is 14.9 Å². The Bertz CT molecular complexity index is 903. The topological polar surface area (TPSA) is 84.2 Å². The van der Waals surface area contributed by atoms with E-state index in [-0.39, 0.29) is 25.3 Å². The van der Waals surface area contributed by atoms with Gasteiger partial charge in [0.25, 0.3) is 0 Å². The molecule has 0 spiro atoms. The molecule has 0 aliphatic carbocycles. The largest absolute Gasteiger partial charge is 0.481 e. The number of carbonyl (C=O) groups is 2. The summed E-state index contributed by atoms with van der Waals surface area (Å²) in [5.41, 5.74) is 3.15. The van der Waals surface area contributed by atoms with Crippen molar-refractivity contribution in [1.29, 1.82) is 0 Å². The number of nitrogens with one attached hydrogen (secondary N) is 1. The van der Waals surface area contributed by atoms with E-state index < -0.39 is 5.97 Å². The van der Waals surface area contributed by atoms with E-state index in [2.05, 4.69) is 27.0 Å². The molecular formula is C20H21N3O3. The Balaban J connectivity index is 1.74. The molecule has 0 saturated carbocycles. The van der Waals surface area contributed by atoms with Crippen LogP contribution >= 0.6 is 0 Å². The molecule has 1 amide bonds. The van der Waals surface area contributed by atoms with Crippen LogP contribution in [-0.2, 0) is 29.1 Å². The first kappa shape index (κ1) is 17.7. The van der Waals surface area contributed by atoms with E-state index in [0.29, 0.717) is 0 Å². The number of hydrogen-bond donors (Lipinski definition) is 2. The molecule has 0 radical (unpaired) electrons. The first-order valence-corrected chi connectivity index (χ1v) is 8.60. The molecule has 6 nitrogen and oxygen atoms in total. The minimum atomic E-state index is -0.977. The predicted molar refractivity (Wildman–Crippen MR) is 98.6 cm³/mol. The second-order valence-corrected chi connectivity index (χ2v) is 6.07. The molecule has 3 rings (SSSR count). The zero-order chi connectivity index (χ0) is 18.4. The summed E-state index contributed by atoms with van der Waals surface area (Å²) in [4.78, 5) is 27.0. The standard InChI is InChI=1S/C20H21N3O3/c24-19(10-11-20(25)26)21-14-18-22-16-8-4-5-9-17(16)23(18)13-12-15-6-2-1-3-7-15/h1-9H,10-14H2,(H,21,24)(H,25,26). The van der Waals surface area contributed by atoms with E-state index in [9.17, 15) is 9.59 Å². The monoisotopic (exact) mass is 351 g/mol. The van der Waals surface area contributed by atoms with Crippen LogP contribution in [0.25, 0.3) is 11.0 Å². The minimum absolute atomic E-state index is 0.0282. The number of imidazole rings is 1. The molecule has 0 atom stereocenters. The molecule has 6 heteroatoms. The molecule has 3 aromatic rings. The Morgan fingerprint density at radius 1 is 1.00 bits per heavy atom. The number of aliphatic carboxylic acids is 1. The van der Waals surface area contributed by atoms with Crippen LogP contribution in [0.2, 0.25) is 0 Å². The summed E-state index contributed by atoms with van der Waals surface area (Å²) in [7, 11) is 0.